The largest absolute Gasteiger partial charge is 0.378 e. The Balaban J connectivity index is 1.98. The topological polar surface area (TPSA) is 40.7 Å². The highest BCUT2D eigenvalue weighted by atomic mass is 15.0. The van der Waals surface area contributed by atoms with Crippen LogP contribution in [0.1, 0.15) is 18.3 Å². The third-order valence-electron chi connectivity index (χ3n) is 2.35. The van der Waals surface area contributed by atoms with Crippen molar-refractivity contribution >= 4 is 5.69 Å². The molecule has 1 heterocycles. The normalized spacial score (nSPS) is 10.2. The van der Waals surface area contributed by atoms with E-state index in [1.54, 1.807) is 6.20 Å². The predicted octanol–water partition coefficient (Wildman–Crippen LogP) is 2.58. The molecule has 15 heavy (non-hydrogen) atoms. The molecule has 2 rings (SSSR count). The van der Waals surface area contributed by atoms with Gasteiger partial charge in [-0.3, -0.25) is 0 Å². The van der Waals surface area contributed by atoms with Crippen LogP contribution < -0.4 is 5.32 Å². The molecule has 0 saturated carbocycles. The number of hydrogen-bond acceptors (Lipinski definition) is 2. The molecular weight excluding hydrogens is 186 g/mol. The number of aryl methyl sites for hydroxylation is 1. The second-order valence-electron chi connectivity index (χ2n) is 3.44. The minimum Gasteiger partial charge on any atom is -0.378 e. The number of rotatable bonds is 4. The molecule has 78 valence electrons. The van der Waals surface area contributed by atoms with Crippen LogP contribution in [0.4, 0.5) is 5.69 Å². The Bertz CT molecular complexity index is 407. The molecule has 0 aliphatic carbocycles. The molecule has 2 N–H and O–H groups in total. The van der Waals surface area contributed by atoms with E-state index in [0.717, 1.165) is 24.5 Å². The van der Waals surface area contributed by atoms with Crippen LogP contribution in [0.2, 0.25) is 0 Å². The van der Waals surface area contributed by atoms with Crippen molar-refractivity contribution < 1.29 is 0 Å². The van der Waals surface area contributed by atoms with Crippen molar-refractivity contribution in [3.63, 3.8) is 0 Å². The van der Waals surface area contributed by atoms with Crippen LogP contribution >= 0.6 is 0 Å². The van der Waals surface area contributed by atoms with Crippen molar-refractivity contribution in [2.24, 2.45) is 0 Å². The van der Waals surface area contributed by atoms with Crippen LogP contribution in [-0.4, -0.2) is 9.97 Å². The maximum Gasteiger partial charge on any atom is 0.125 e. The van der Waals surface area contributed by atoms with Gasteiger partial charge in [-0.1, -0.05) is 19.1 Å². The summed E-state index contributed by atoms with van der Waals surface area (Å²) < 4.78 is 0. The zero-order valence-corrected chi connectivity index (χ0v) is 8.83. The summed E-state index contributed by atoms with van der Waals surface area (Å²) in [6.07, 6.45) is 4.66. The van der Waals surface area contributed by atoms with Crippen molar-refractivity contribution in [1.82, 2.24) is 9.97 Å². The molecule has 0 spiro atoms. The van der Waals surface area contributed by atoms with E-state index in [9.17, 15) is 0 Å². The lowest BCUT2D eigenvalue weighted by Gasteiger charge is -2.05. The molecular formula is C12H15N3. The third kappa shape index (κ3) is 2.59. The standard InChI is InChI=1S/C12H15N3/c1-2-10-4-3-5-11(8-10)15-9-12-13-6-7-14-12/h3-8,15H,2,9H2,1H3,(H,13,14). The van der Waals surface area contributed by atoms with Gasteiger partial charge < -0.3 is 10.3 Å². The van der Waals surface area contributed by atoms with Crippen LogP contribution in [0.25, 0.3) is 0 Å². The molecule has 0 radical (unpaired) electrons. The van der Waals surface area contributed by atoms with Gasteiger partial charge in [0.25, 0.3) is 0 Å². The van der Waals surface area contributed by atoms with Crippen LogP contribution in [0.3, 0.4) is 0 Å². The van der Waals surface area contributed by atoms with Crippen molar-refractivity contribution in [1.29, 1.82) is 0 Å². The molecule has 0 amide bonds. The van der Waals surface area contributed by atoms with Crippen molar-refractivity contribution in [3.8, 4) is 0 Å². The van der Waals surface area contributed by atoms with Gasteiger partial charge in [-0.2, -0.15) is 0 Å². The first kappa shape index (κ1) is 9.77. The molecule has 0 aliphatic heterocycles. The summed E-state index contributed by atoms with van der Waals surface area (Å²) in [7, 11) is 0. The number of hydrogen-bond donors (Lipinski definition) is 2. The Morgan fingerprint density at radius 1 is 1.40 bits per heavy atom. The second kappa shape index (κ2) is 4.64. The molecule has 0 atom stereocenters. The van der Waals surface area contributed by atoms with Gasteiger partial charge in [0.15, 0.2) is 0 Å². The third-order valence-corrected chi connectivity index (χ3v) is 2.35. The van der Waals surface area contributed by atoms with Gasteiger partial charge in [-0.05, 0) is 24.1 Å². The number of aromatic nitrogens is 2. The fourth-order valence-electron chi connectivity index (χ4n) is 1.48. The molecule has 0 bridgehead atoms. The number of imidazole rings is 1. The fourth-order valence-corrected chi connectivity index (χ4v) is 1.48. The lowest BCUT2D eigenvalue weighted by molar-refractivity contribution is 0.998. The number of anilines is 1. The van der Waals surface area contributed by atoms with Crippen molar-refractivity contribution in [2.45, 2.75) is 19.9 Å². The smallest absolute Gasteiger partial charge is 0.125 e. The zero-order chi connectivity index (χ0) is 10.5. The Morgan fingerprint density at radius 2 is 2.33 bits per heavy atom. The van der Waals surface area contributed by atoms with Gasteiger partial charge in [0.05, 0.1) is 6.54 Å². The summed E-state index contributed by atoms with van der Waals surface area (Å²) in [5.74, 6) is 0.955. The van der Waals surface area contributed by atoms with Gasteiger partial charge in [0.2, 0.25) is 0 Å². The minimum absolute atomic E-state index is 0.736. The van der Waals surface area contributed by atoms with Crippen LogP contribution in [0.15, 0.2) is 36.7 Å². The molecule has 0 aliphatic rings. The Labute approximate surface area is 89.6 Å². The van der Waals surface area contributed by atoms with Gasteiger partial charge in [-0.15, -0.1) is 0 Å². The Kier molecular flexibility index (Phi) is 3.02. The number of nitrogens with one attached hydrogen (secondary N) is 2. The number of aromatic amines is 1. The highest BCUT2D eigenvalue weighted by Crippen LogP contribution is 2.11. The minimum atomic E-state index is 0.736. The molecule has 3 heteroatoms. The van der Waals surface area contributed by atoms with E-state index in [0.29, 0.717) is 0 Å². The van der Waals surface area contributed by atoms with Crippen molar-refractivity contribution in [2.75, 3.05) is 5.32 Å². The zero-order valence-electron chi connectivity index (χ0n) is 8.83. The van der Waals surface area contributed by atoms with Gasteiger partial charge >= 0.3 is 0 Å². The number of nitrogens with zero attached hydrogens (tertiary/aromatic N) is 1. The summed E-state index contributed by atoms with van der Waals surface area (Å²) in [5.41, 5.74) is 2.49. The summed E-state index contributed by atoms with van der Waals surface area (Å²) in [4.78, 5) is 7.22. The number of H-pyrrole nitrogens is 1. The average molecular weight is 201 g/mol. The van der Waals surface area contributed by atoms with E-state index in [4.69, 9.17) is 0 Å². The average Bonchev–Trinajstić information content (AvgIpc) is 2.79. The molecule has 1 aromatic heterocycles. The molecule has 3 nitrogen and oxygen atoms in total. The van der Waals surface area contributed by atoms with E-state index in [1.165, 1.54) is 5.56 Å². The molecule has 0 saturated heterocycles. The lowest BCUT2D eigenvalue weighted by Crippen LogP contribution is -2.01. The molecule has 0 unspecified atom stereocenters. The van der Waals surface area contributed by atoms with Crippen LogP contribution in [0, 0.1) is 0 Å². The monoisotopic (exact) mass is 201 g/mol. The summed E-state index contributed by atoms with van der Waals surface area (Å²) in [5, 5.41) is 3.33. The highest BCUT2D eigenvalue weighted by molar-refractivity contribution is 5.45. The quantitative estimate of drug-likeness (QED) is 0.798. The predicted molar refractivity (Wildman–Crippen MR) is 61.7 cm³/mol. The molecule has 0 fully saturated rings. The SMILES string of the molecule is CCc1cccc(NCc2ncc[nH]2)c1. The van der Waals surface area contributed by atoms with Crippen LogP contribution in [0.5, 0.6) is 0 Å². The van der Waals surface area contributed by atoms with E-state index in [-0.39, 0.29) is 0 Å². The van der Waals surface area contributed by atoms with Crippen molar-refractivity contribution in [3.05, 3.63) is 48.0 Å². The van der Waals surface area contributed by atoms with Gasteiger partial charge in [0, 0.05) is 18.1 Å². The molecule has 1 aromatic carbocycles. The van der Waals surface area contributed by atoms with Gasteiger partial charge in [0.1, 0.15) is 5.82 Å². The molecule has 2 aromatic rings. The maximum atomic E-state index is 4.16. The highest BCUT2D eigenvalue weighted by Gasteiger charge is 1.96. The summed E-state index contributed by atoms with van der Waals surface area (Å²) in [6, 6.07) is 8.45. The van der Waals surface area contributed by atoms with E-state index in [1.807, 2.05) is 6.20 Å². The van der Waals surface area contributed by atoms with E-state index >= 15 is 0 Å². The first-order valence-electron chi connectivity index (χ1n) is 5.19. The first-order chi connectivity index (χ1) is 7.38. The maximum absolute atomic E-state index is 4.16. The first-order valence-corrected chi connectivity index (χ1v) is 5.19. The van der Waals surface area contributed by atoms with Crippen LogP contribution in [-0.2, 0) is 13.0 Å². The van der Waals surface area contributed by atoms with Gasteiger partial charge in [-0.25, -0.2) is 4.98 Å². The van der Waals surface area contributed by atoms with E-state index < -0.39 is 0 Å². The number of benzene rings is 1. The second-order valence-corrected chi connectivity index (χ2v) is 3.44. The lowest BCUT2D eigenvalue weighted by atomic mass is 10.1. The summed E-state index contributed by atoms with van der Waals surface area (Å²) >= 11 is 0. The summed E-state index contributed by atoms with van der Waals surface area (Å²) in [6.45, 7) is 2.89. The van der Waals surface area contributed by atoms with E-state index in [2.05, 4.69) is 46.5 Å². The fraction of sp³-hybridized carbons (Fsp3) is 0.250. The Hall–Kier alpha value is -1.77. The Morgan fingerprint density at radius 3 is 3.07 bits per heavy atom.